The molecule has 0 aliphatic carbocycles. The molecule has 0 fully saturated rings. The normalized spacial score (nSPS) is 10.3. The summed E-state index contributed by atoms with van der Waals surface area (Å²) in [5.74, 6) is 0.993. The summed E-state index contributed by atoms with van der Waals surface area (Å²) in [5.41, 5.74) is 1.12. The smallest absolute Gasteiger partial charge is 0.110 e. The van der Waals surface area contributed by atoms with E-state index in [2.05, 4.69) is 27.0 Å². The van der Waals surface area contributed by atoms with Gasteiger partial charge in [0.1, 0.15) is 5.82 Å². The molecule has 66 valence electrons. The minimum absolute atomic E-state index is 0.993. The first-order valence-corrected chi connectivity index (χ1v) is 4.83. The third-order valence-electron chi connectivity index (χ3n) is 1.94. The van der Waals surface area contributed by atoms with Crippen molar-refractivity contribution in [3.8, 4) is 5.69 Å². The summed E-state index contributed by atoms with van der Waals surface area (Å²) >= 11 is 3.50. The maximum absolute atomic E-state index is 4.18. The van der Waals surface area contributed by atoms with Crippen LogP contribution in [0.15, 0.2) is 41.1 Å². The van der Waals surface area contributed by atoms with Crippen LogP contribution in [-0.4, -0.2) is 9.55 Å². The third-order valence-corrected chi connectivity index (χ3v) is 2.61. The molecule has 1 aromatic heterocycles. The summed E-state index contributed by atoms with van der Waals surface area (Å²) in [5, 5.41) is 0. The number of aryl methyl sites for hydroxylation is 1. The van der Waals surface area contributed by atoms with Crippen LogP contribution in [0, 0.1) is 6.92 Å². The van der Waals surface area contributed by atoms with E-state index in [-0.39, 0.29) is 0 Å². The van der Waals surface area contributed by atoms with Crippen LogP contribution in [-0.2, 0) is 0 Å². The second-order valence-electron chi connectivity index (χ2n) is 2.80. The Morgan fingerprint density at radius 2 is 2.08 bits per heavy atom. The number of rotatable bonds is 1. The Kier molecular flexibility index (Phi) is 2.19. The van der Waals surface area contributed by atoms with Gasteiger partial charge in [0.2, 0.25) is 0 Å². The van der Waals surface area contributed by atoms with Gasteiger partial charge in [0.05, 0.1) is 5.69 Å². The summed E-state index contributed by atoms with van der Waals surface area (Å²) in [4.78, 5) is 4.18. The maximum Gasteiger partial charge on any atom is 0.110 e. The number of hydrogen-bond donors (Lipinski definition) is 0. The van der Waals surface area contributed by atoms with Crippen molar-refractivity contribution in [3.63, 3.8) is 0 Å². The number of halogens is 1. The fourth-order valence-corrected chi connectivity index (χ4v) is 1.76. The van der Waals surface area contributed by atoms with E-state index in [1.165, 1.54) is 0 Å². The van der Waals surface area contributed by atoms with E-state index in [9.17, 15) is 0 Å². The van der Waals surface area contributed by atoms with Crippen molar-refractivity contribution in [3.05, 3.63) is 47.0 Å². The Morgan fingerprint density at radius 1 is 1.31 bits per heavy atom. The zero-order chi connectivity index (χ0) is 9.26. The lowest BCUT2D eigenvalue weighted by Crippen LogP contribution is -1.95. The highest BCUT2D eigenvalue weighted by Crippen LogP contribution is 2.20. The van der Waals surface area contributed by atoms with Crippen molar-refractivity contribution >= 4 is 15.9 Å². The Bertz CT molecular complexity index is 420. The summed E-state index contributed by atoms with van der Waals surface area (Å²) in [6.07, 6.45) is 3.75. The average molecular weight is 237 g/mol. The van der Waals surface area contributed by atoms with Crippen LogP contribution >= 0.6 is 15.9 Å². The van der Waals surface area contributed by atoms with Crippen LogP contribution in [0.2, 0.25) is 0 Å². The van der Waals surface area contributed by atoms with Gasteiger partial charge in [-0.1, -0.05) is 12.1 Å². The van der Waals surface area contributed by atoms with Gasteiger partial charge in [0.25, 0.3) is 0 Å². The van der Waals surface area contributed by atoms with Crippen molar-refractivity contribution in [2.45, 2.75) is 6.92 Å². The summed E-state index contributed by atoms with van der Waals surface area (Å²) in [6.45, 7) is 1.99. The quantitative estimate of drug-likeness (QED) is 0.745. The number of hydrogen-bond acceptors (Lipinski definition) is 1. The monoisotopic (exact) mass is 236 g/mol. The lowest BCUT2D eigenvalue weighted by atomic mass is 10.3. The number of benzene rings is 1. The Hall–Kier alpha value is -1.09. The molecule has 0 N–H and O–H groups in total. The van der Waals surface area contributed by atoms with E-state index >= 15 is 0 Å². The maximum atomic E-state index is 4.18. The molecule has 0 saturated heterocycles. The highest BCUT2D eigenvalue weighted by molar-refractivity contribution is 9.10. The topological polar surface area (TPSA) is 17.8 Å². The first-order valence-electron chi connectivity index (χ1n) is 4.04. The molecule has 0 atom stereocenters. The average Bonchev–Trinajstić information content (AvgIpc) is 2.52. The minimum atomic E-state index is 0.993. The zero-order valence-corrected chi connectivity index (χ0v) is 8.82. The minimum Gasteiger partial charge on any atom is -0.303 e. The number of para-hydroxylation sites is 1. The highest BCUT2D eigenvalue weighted by atomic mass is 79.9. The van der Waals surface area contributed by atoms with Gasteiger partial charge in [-0.3, -0.25) is 0 Å². The van der Waals surface area contributed by atoms with Crippen LogP contribution in [0.5, 0.6) is 0 Å². The molecule has 0 spiro atoms. The fraction of sp³-hybridized carbons (Fsp3) is 0.100. The molecule has 0 unspecified atom stereocenters. The molecule has 13 heavy (non-hydrogen) atoms. The first kappa shape index (κ1) is 8.51. The Morgan fingerprint density at radius 3 is 2.69 bits per heavy atom. The molecule has 0 aliphatic rings. The standard InChI is InChI=1S/C10H9BrN2/c1-8-12-6-7-13(8)10-5-3-2-4-9(10)11/h2-7H,1H3. The summed E-state index contributed by atoms with van der Waals surface area (Å²) < 4.78 is 3.13. The molecular formula is C10H9BrN2. The van der Waals surface area contributed by atoms with E-state index in [4.69, 9.17) is 0 Å². The molecule has 1 heterocycles. The van der Waals surface area contributed by atoms with Gasteiger partial charge in [0, 0.05) is 16.9 Å². The predicted molar refractivity (Wildman–Crippen MR) is 56.0 cm³/mol. The third kappa shape index (κ3) is 1.52. The van der Waals surface area contributed by atoms with Crippen LogP contribution in [0.3, 0.4) is 0 Å². The number of aromatic nitrogens is 2. The van der Waals surface area contributed by atoms with Gasteiger partial charge >= 0.3 is 0 Å². The van der Waals surface area contributed by atoms with Crippen molar-refractivity contribution in [2.24, 2.45) is 0 Å². The molecule has 2 nitrogen and oxygen atoms in total. The van der Waals surface area contributed by atoms with Crippen molar-refractivity contribution in [2.75, 3.05) is 0 Å². The van der Waals surface area contributed by atoms with E-state index in [1.807, 2.05) is 35.9 Å². The van der Waals surface area contributed by atoms with Crippen molar-refractivity contribution < 1.29 is 0 Å². The second-order valence-corrected chi connectivity index (χ2v) is 3.65. The van der Waals surface area contributed by atoms with Gasteiger partial charge in [-0.2, -0.15) is 0 Å². The van der Waals surface area contributed by atoms with Gasteiger partial charge in [-0.05, 0) is 35.0 Å². The predicted octanol–water partition coefficient (Wildman–Crippen LogP) is 2.94. The van der Waals surface area contributed by atoms with Crippen molar-refractivity contribution in [1.82, 2.24) is 9.55 Å². The molecule has 0 bridgehead atoms. The number of imidazole rings is 1. The Labute approximate surface area is 85.4 Å². The van der Waals surface area contributed by atoms with Gasteiger partial charge in [-0.15, -0.1) is 0 Å². The van der Waals surface area contributed by atoms with E-state index in [1.54, 1.807) is 6.20 Å². The highest BCUT2D eigenvalue weighted by Gasteiger charge is 2.02. The number of nitrogens with zero attached hydrogens (tertiary/aromatic N) is 2. The molecule has 0 radical (unpaired) electrons. The van der Waals surface area contributed by atoms with Crippen LogP contribution in [0.1, 0.15) is 5.82 Å². The molecule has 1 aromatic carbocycles. The van der Waals surface area contributed by atoms with Crippen LogP contribution in [0.25, 0.3) is 5.69 Å². The van der Waals surface area contributed by atoms with E-state index in [0.29, 0.717) is 0 Å². The molecule has 2 rings (SSSR count). The van der Waals surface area contributed by atoms with Gasteiger partial charge in [-0.25, -0.2) is 4.98 Å². The lowest BCUT2D eigenvalue weighted by Gasteiger charge is -2.06. The molecule has 0 aliphatic heterocycles. The molecule has 2 aromatic rings. The second kappa shape index (κ2) is 3.34. The van der Waals surface area contributed by atoms with E-state index < -0.39 is 0 Å². The molecule has 0 amide bonds. The van der Waals surface area contributed by atoms with Crippen LogP contribution in [0.4, 0.5) is 0 Å². The van der Waals surface area contributed by atoms with Gasteiger partial charge < -0.3 is 4.57 Å². The molecule has 0 saturated carbocycles. The SMILES string of the molecule is Cc1nccn1-c1ccccc1Br. The van der Waals surface area contributed by atoms with Gasteiger partial charge in [0.15, 0.2) is 0 Å². The molecule has 3 heteroatoms. The molecular weight excluding hydrogens is 228 g/mol. The summed E-state index contributed by atoms with van der Waals surface area (Å²) in [6, 6.07) is 8.09. The van der Waals surface area contributed by atoms with Crippen LogP contribution < -0.4 is 0 Å². The first-order chi connectivity index (χ1) is 6.29. The van der Waals surface area contributed by atoms with E-state index in [0.717, 1.165) is 16.0 Å². The lowest BCUT2D eigenvalue weighted by molar-refractivity contribution is 0.970. The Balaban J connectivity index is 2.59. The summed E-state index contributed by atoms with van der Waals surface area (Å²) in [7, 11) is 0. The van der Waals surface area contributed by atoms with Crippen molar-refractivity contribution in [1.29, 1.82) is 0 Å². The zero-order valence-electron chi connectivity index (χ0n) is 7.24. The largest absolute Gasteiger partial charge is 0.303 e. The fourth-order valence-electron chi connectivity index (χ4n) is 1.28.